The maximum absolute atomic E-state index is 5.96. The smallest absolute Gasteiger partial charge is 0.137 e. The molecule has 0 amide bonds. The number of halogens is 1. The molecule has 14 heavy (non-hydrogen) atoms. The molecule has 0 spiro atoms. The number of benzene rings is 1. The number of methoxy groups -OCH3 is 1. The van der Waals surface area contributed by atoms with Gasteiger partial charge in [0.15, 0.2) is 0 Å². The van der Waals surface area contributed by atoms with E-state index in [9.17, 15) is 0 Å². The molecule has 1 saturated heterocycles. The first-order valence-corrected chi connectivity index (χ1v) is 5.23. The summed E-state index contributed by atoms with van der Waals surface area (Å²) < 4.78 is 5.19. The van der Waals surface area contributed by atoms with Crippen molar-refractivity contribution in [2.75, 3.05) is 20.2 Å². The fourth-order valence-electron chi connectivity index (χ4n) is 1.87. The first-order valence-electron chi connectivity index (χ1n) is 4.85. The maximum atomic E-state index is 5.96. The van der Waals surface area contributed by atoms with Crippen LogP contribution in [-0.4, -0.2) is 20.2 Å². The van der Waals surface area contributed by atoms with Gasteiger partial charge < -0.3 is 10.1 Å². The fraction of sp³-hybridized carbons (Fsp3) is 0.455. The average Bonchev–Trinajstić information content (AvgIpc) is 2.71. The van der Waals surface area contributed by atoms with Gasteiger partial charge in [-0.05, 0) is 36.6 Å². The van der Waals surface area contributed by atoms with Crippen molar-refractivity contribution in [2.45, 2.75) is 12.3 Å². The highest BCUT2D eigenvalue weighted by Crippen LogP contribution is 2.30. The summed E-state index contributed by atoms with van der Waals surface area (Å²) in [5.74, 6) is 1.39. The molecular formula is C11H14ClNO. The van der Waals surface area contributed by atoms with Crippen molar-refractivity contribution in [1.82, 2.24) is 5.32 Å². The normalized spacial score (nSPS) is 21.1. The predicted octanol–water partition coefficient (Wildman–Crippen LogP) is 2.43. The van der Waals surface area contributed by atoms with Gasteiger partial charge >= 0.3 is 0 Å². The van der Waals surface area contributed by atoms with Crippen LogP contribution in [0.2, 0.25) is 5.02 Å². The van der Waals surface area contributed by atoms with Crippen molar-refractivity contribution in [1.29, 1.82) is 0 Å². The maximum Gasteiger partial charge on any atom is 0.137 e. The molecule has 0 bridgehead atoms. The highest BCUT2D eigenvalue weighted by Gasteiger charge is 2.17. The lowest BCUT2D eigenvalue weighted by atomic mass is 9.98. The summed E-state index contributed by atoms with van der Waals surface area (Å²) in [7, 11) is 1.65. The van der Waals surface area contributed by atoms with Crippen LogP contribution >= 0.6 is 11.6 Å². The number of nitrogens with one attached hydrogen (secondary N) is 1. The summed E-state index contributed by atoms with van der Waals surface area (Å²) in [5.41, 5.74) is 1.32. The third-order valence-corrected chi connectivity index (χ3v) is 3.02. The molecule has 0 saturated carbocycles. The van der Waals surface area contributed by atoms with Gasteiger partial charge in [0, 0.05) is 6.54 Å². The van der Waals surface area contributed by atoms with E-state index >= 15 is 0 Å². The molecule has 0 aliphatic carbocycles. The minimum absolute atomic E-state index is 0.612. The van der Waals surface area contributed by atoms with Crippen molar-refractivity contribution in [3.8, 4) is 5.75 Å². The molecule has 2 rings (SSSR count). The van der Waals surface area contributed by atoms with Gasteiger partial charge in [0.25, 0.3) is 0 Å². The molecule has 76 valence electrons. The lowest BCUT2D eigenvalue weighted by Gasteiger charge is -2.11. The number of hydrogen-bond donors (Lipinski definition) is 1. The van der Waals surface area contributed by atoms with E-state index in [2.05, 4.69) is 11.4 Å². The van der Waals surface area contributed by atoms with E-state index in [-0.39, 0.29) is 0 Å². The minimum atomic E-state index is 0.612. The van der Waals surface area contributed by atoms with Crippen molar-refractivity contribution in [2.24, 2.45) is 0 Å². The number of rotatable bonds is 2. The SMILES string of the molecule is COc1cc(C2CCNC2)ccc1Cl. The molecule has 1 fully saturated rings. The van der Waals surface area contributed by atoms with Crippen LogP contribution in [-0.2, 0) is 0 Å². The van der Waals surface area contributed by atoms with E-state index < -0.39 is 0 Å². The van der Waals surface area contributed by atoms with Gasteiger partial charge in [-0.2, -0.15) is 0 Å². The Labute approximate surface area is 89.2 Å². The van der Waals surface area contributed by atoms with E-state index in [1.165, 1.54) is 12.0 Å². The van der Waals surface area contributed by atoms with Gasteiger partial charge in [-0.1, -0.05) is 17.7 Å². The lowest BCUT2D eigenvalue weighted by Crippen LogP contribution is -2.07. The molecule has 1 atom stereocenters. The Morgan fingerprint density at radius 2 is 2.36 bits per heavy atom. The Bertz CT molecular complexity index is 321. The summed E-state index contributed by atoms with van der Waals surface area (Å²) in [5, 5.41) is 4.03. The van der Waals surface area contributed by atoms with Crippen LogP contribution in [0.15, 0.2) is 18.2 Å². The molecule has 1 aromatic carbocycles. The van der Waals surface area contributed by atoms with Gasteiger partial charge in [-0.25, -0.2) is 0 Å². The Hall–Kier alpha value is -0.730. The fourth-order valence-corrected chi connectivity index (χ4v) is 2.06. The second kappa shape index (κ2) is 4.20. The lowest BCUT2D eigenvalue weighted by molar-refractivity contribution is 0.414. The Morgan fingerprint density at radius 3 is 3.00 bits per heavy atom. The predicted molar refractivity (Wildman–Crippen MR) is 58.2 cm³/mol. The van der Waals surface area contributed by atoms with Gasteiger partial charge in [0.2, 0.25) is 0 Å². The molecule has 3 heteroatoms. The van der Waals surface area contributed by atoms with Crippen LogP contribution in [0.1, 0.15) is 17.9 Å². The van der Waals surface area contributed by atoms with Crippen LogP contribution in [0.3, 0.4) is 0 Å². The zero-order valence-electron chi connectivity index (χ0n) is 8.22. The average molecular weight is 212 g/mol. The molecule has 1 aliphatic rings. The van der Waals surface area contributed by atoms with E-state index in [1.807, 2.05) is 12.1 Å². The molecular weight excluding hydrogens is 198 g/mol. The highest BCUT2D eigenvalue weighted by atomic mass is 35.5. The van der Waals surface area contributed by atoms with Gasteiger partial charge in [-0.15, -0.1) is 0 Å². The van der Waals surface area contributed by atoms with E-state index in [1.54, 1.807) is 7.11 Å². The molecule has 1 heterocycles. The summed E-state index contributed by atoms with van der Waals surface area (Å²) >= 11 is 5.96. The minimum Gasteiger partial charge on any atom is -0.495 e. The Morgan fingerprint density at radius 1 is 1.50 bits per heavy atom. The highest BCUT2D eigenvalue weighted by molar-refractivity contribution is 6.32. The van der Waals surface area contributed by atoms with Crippen LogP contribution in [0, 0.1) is 0 Å². The molecule has 1 aliphatic heterocycles. The van der Waals surface area contributed by atoms with E-state index in [0.717, 1.165) is 18.8 Å². The monoisotopic (exact) mass is 211 g/mol. The second-order valence-corrected chi connectivity index (χ2v) is 3.99. The largest absolute Gasteiger partial charge is 0.495 e. The summed E-state index contributed by atoms with van der Waals surface area (Å²) in [6, 6.07) is 6.04. The second-order valence-electron chi connectivity index (χ2n) is 3.58. The zero-order valence-corrected chi connectivity index (χ0v) is 8.97. The van der Waals surface area contributed by atoms with Gasteiger partial charge in [0.05, 0.1) is 12.1 Å². The molecule has 2 nitrogen and oxygen atoms in total. The number of hydrogen-bond acceptors (Lipinski definition) is 2. The third-order valence-electron chi connectivity index (χ3n) is 2.71. The molecule has 1 aromatic rings. The van der Waals surface area contributed by atoms with Crippen molar-refractivity contribution in [3.63, 3.8) is 0 Å². The number of ether oxygens (including phenoxy) is 1. The first-order chi connectivity index (χ1) is 6.81. The van der Waals surface area contributed by atoms with Crippen molar-refractivity contribution < 1.29 is 4.74 Å². The van der Waals surface area contributed by atoms with Crippen molar-refractivity contribution in [3.05, 3.63) is 28.8 Å². The van der Waals surface area contributed by atoms with E-state index in [4.69, 9.17) is 16.3 Å². The summed E-state index contributed by atoms with van der Waals surface area (Å²) in [6.45, 7) is 2.17. The quantitative estimate of drug-likeness (QED) is 0.812. The van der Waals surface area contributed by atoms with E-state index in [0.29, 0.717) is 10.9 Å². The van der Waals surface area contributed by atoms with Crippen LogP contribution in [0.25, 0.3) is 0 Å². The van der Waals surface area contributed by atoms with Gasteiger partial charge in [-0.3, -0.25) is 0 Å². The zero-order chi connectivity index (χ0) is 9.97. The molecule has 0 aromatic heterocycles. The standard InChI is InChI=1S/C11H14ClNO/c1-14-11-6-8(2-3-10(11)12)9-4-5-13-7-9/h2-3,6,9,13H,4-5,7H2,1H3. The Kier molecular flexibility index (Phi) is 2.94. The third kappa shape index (κ3) is 1.86. The van der Waals surface area contributed by atoms with Crippen LogP contribution < -0.4 is 10.1 Å². The van der Waals surface area contributed by atoms with Crippen molar-refractivity contribution >= 4 is 11.6 Å². The summed E-state index contributed by atoms with van der Waals surface area (Å²) in [4.78, 5) is 0. The first kappa shape index (κ1) is 9.81. The van der Waals surface area contributed by atoms with Gasteiger partial charge in [0.1, 0.15) is 5.75 Å². The topological polar surface area (TPSA) is 21.3 Å². The van der Waals surface area contributed by atoms with Crippen LogP contribution in [0.5, 0.6) is 5.75 Å². The molecule has 1 unspecified atom stereocenters. The molecule has 1 N–H and O–H groups in total. The molecule has 0 radical (unpaired) electrons. The Balaban J connectivity index is 2.25. The summed E-state index contributed by atoms with van der Waals surface area (Å²) in [6.07, 6.45) is 1.20. The van der Waals surface area contributed by atoms with Crippen LogP contribution in [0.4, 0.5) is 0 Å².